The first-order valence-electron chi connectivity index (χ1n) is 10.3. The minimum atomic E-state index is -0.846. The number of esters is 1. The number of hydrogen-bond donors (Lipinski definition) is 2. The Hall–Kier alpha value is -4.21. The molecule has 3 rings (SSSR count). The van der Waals surface area contributed by atoms with Crippen molar-refractivity contribution in [3.63, 3.8) is 0 Å². The van der Waals surface area contributed by atoms with E-state index >= 15 is 0 Å². The maximum atomic E-state index is 12.2. The first kappa shape index (κ1) is 23.5. The standard InChI is InChI=1S/C23H24N4O6/c1-4-27(5-2)16-9-6-14(7-10-16)20(29)25-24-19(28)13-33-23(32)15-8-11-17-18(12-15)22(31)26(3)21(17)30/h6-12H,4-5,13H2,1-3H3,(H,24,28)(H,25,29). The molecular formula is C23H24N4O6. The predicted molar refractivity (Wildman–Crippen MR) is 119 cm³/mol. The fourth-order valence-corrected chi connectivity index (χ4v) is 3.35. The molecule has 4 amide bonds. The number of hydrazine groups is 1. The summed E-state index contributed by atoms with van der Waals surface area (Å²) in [4.78, 5) is 63.4. The molecule has 0 saturated heterocycles. The van der Waals surface area contributed by atoms with Gasteiger partial charge in [-0.1, -0.05) is 0 Å². The topological polar surface area (TPSA) is 125 Å². The Morgan fingerprint density at radius 1 is 0.879 bits per heavy atom. The molecule has 0 fully saturated rings. The molecule has 0 atom stereocenters. The Labute approximate surface area is 190 Å². The van der Waals surface area contributed by atoms with Gasteiger partial charge in [-0.25, -0.2) is 4.79 Å². The molecule has 0 saturated carbocycles. The van der Waals surface area contributed by atoms with Gasteiger partial charge in [-0.15, -0.1) is 0 Å². The van der Waals surface area contributed by atoms with Crippen LogP contribution in [0.1, 0.15) is 55.3 Å². The number of rotatable bonds is 7. The summed E-state index contributed by atoms with van der Waals surface area (Å²) >= 11 is 0. The zero-order valence-electron chi connectivity index (χ0n) is 18.5. The van der Waals surface area contributed by atoms with Crippen molar-refractivity contribution < 1.29 is 28.7 Å². The van der Waals surface area contributed by atoms with E-state index in [9.17, 15) is 24.0 Å². The van der Waals surface area contributed by atoms with Gasteiger partial charge in [0.15, 0.2) is 6.61 Å². The number of fused-ring (bicyclic) bond motifs is 1. The summed E-state index contributed by atoms with van der Waals surface area (Å²) in [6.45, 7) is 5.11. The van der Waals surface area contributed by atoms with Crippen LogP contribution in [0.5, 0.6) is 0 Å². The van der Waals surface area contributed by atoms with Crippen LogP contribution in [-0.2, 0) is 9.53 Å². The Morgan fingerprint density at radius 3 is 2.12 bits per heavy atom. The lowest BCUT2D eigenvalue weighted by atomic mass is 10.1. The molecule has 0 radical (unpaired) electrons. The minimum Gasteiger partial charge on any atom is -0.452 e. The van der Waals surface area contributed by atoms with Crippen molar-refractivity contribution >= 4 is 35.3 Å². The third-order valence-electron chi connectivity index (χ3n) is 5.23. The lowest BCUT2D eigenvalue weighted by molar-refractivity contribution is -0.125. The van der Waals surface area contributed by atoms with E-state index in [4.69, 9.17) is 4.74 Å². The summed E-state index contributed by atoms with van der Waals surface area (Å²) < 4.78 is 4.93. The maximum absolute atomic E-state index is 12.2. The maximum Gasteiger partial charge on any atom is 0.338 e. The number of nitrogens with one attached hydrogen (secondary N) is 2. The quantitative estimate of drug-likeness (QED) is 0.369. The molecule has 2 N–H and O–H groups in total. The predicted octanol–water partition coefficient (Wildman–Crippen LogP) is 1.38. The van der Waals surface area contributed by atoms with Crippen LogP contribution in [0, 0.1) is 0 Å². The van der Waals surface area contributed by atoms with E-state index in [-0.39, 0.29) is 16.7 Å². The first-order chi connectivity index (χ1) is 15.8. The zero-order valence-corrected chi connectivity index (χ0v) is 18.5. The summed E-state index contributed by atoms with van der Waals surface area (Å²) in [7, 11) is 1.35. The average molecular weight is 452 g/mol. The lowest BCUT2D eigenvalue weighted by Crippen LogP contribution is -2.43. The second-order valence-corrected chi connectivity index (χ2v) is 7.23. The van der Waals surface area contributed by atoms with E-state index in [2.05, 4.69) is 15.8 Å². The Balaban J connectivity index is 1.50. The highest BCUT2D eigenvalue weighted by atomic mass is 16.5. The van der Waals surface area contributed by atoms with Gasteiger partial charge in [0.2, 0.25) is 0 Å². The van der Waals surface area contributed by atoms with Crippen molar-refractivity contribution in [2.75, 3.05) is 31.6 Å². The Morgan fingerprint density at radius 2 is 1.48 bits per heavy atom. The molecule has 10 heteroatoms. The number of ether oxygens (including phenoxy) is 1. The largest absolute Gasteiger partial charge is 0.452 e. The fourth-order valence-electron chi connectivity index (χ4n) is 3.35. The molecule has 1 aliphatic rings. The van der Waals surface area contributed by atoms with E-state index in [0.717, 1.165) is 23.7 Å². The third-order valence-corrected chi connectivity index (χ3v) is 5.23. The zero-order chi connectivity index (χ0) is 24.1. The SMILES string of the molecule is CCN(CC)c1ccc(C(=O)NNC(=O)COC(=O)c2ccc3c(c2)C(=O)N(C)C3=O)cc1. The molecule has 1 aliphatic heterocycles. The van der Waals surface area contributed by atoms with Gasteiger partial charge in [-0.05, 0) is 56.3 Å². The second-order valence-electron chi connectivity index (χ2n) is 7.23. The van der Waals surface area contributed by atoms with Crippen LogP contribution in [-0.4, -0.2) is 61.2 Å². The molecule has 0 bridgehead atoms. The van der Waals surface area contributed by atoms with Gasteiger partial charge in [0, 0.05) is 31.4 Å². The Kier molecular flexibility index (Phi) is 7.07. The van der Waals surface area contributed by atoms with Gasteiger partial charge in [0.1, 0.15) is 0 Å². The number of amides is 4. The van der Waals surface area contributed by atoms with Crippen LogP contribution in [0.4, 0.5) is 5.69 Å². The van der Waals surface area contributed by atoms with Gasteiger partial charge in [0.25, 0.3) is 23.6 Å². The van der Waals surface area contributed by atoms with Gasteiger partial charge in [-0.3, -0.25) is 34.9 Å². The smallest absolute Gasteiger partial charge is 0.338 e. The highest BCUT2D eigenvalue weighted by molar-refractivity contribution is 6.21. The molecule has 0 unspecified atom stereocenters. The monoisotopic (exact) mass is 452 g/mol. The minimum absolute atomic E-state index is 0.0235. The molecule has 0 spiro atoms. The molecule has 2 aromatic rings. The van der Waals surface area contributed by atoms with Crippen LogP contribution < -0.4 is 15.8 Å². The molecule has 0 aromatic heterocycles. The summed E-state index contributed by atoms with van der Waals surface area (Å²) in [6, 6.07) is 10.9. The molecule has 33 heavy (non-hydrogen) atoms. The number of benzene rings is 2. The van der Waals surface area contributed by atoms with Crippen molar-refractivity contribution in [2.45, 2.75) is 13.8 Å². The second kappa shape index (κ2) is 9.94. The first-order valence-corrected chi connectivity index (χ1v) is 10.3. The third kappa shape index (κ3) is 5.00. The van der Waals surface area contributed by atoms with Gasteiger partial charge < -0.3 is 9.64 Å². The number of carbonyl (C=O) groups is 5. The van der Waals surface area contributed by atoms with Crippen molar-refractivity contribution in [1.82, 2.24) is 15.8 Å². The summed E-state index contributed by atoms with van der Waals surface area (Å²) in [5, 5.41) is 0. The molecular weight excluding hydrogens is 428 g/mol. The molecule has 172 valence electrons. The van der Waals surface area contributed by atoms with Gasteiger partial charge >= 0.3 is 5.97 Å². The van der Waals surface area contributed by atoms with Crippen molar-refractivity contribution in [3.8, 4) is 0 Å². The van der Waals surface area contributed by atoms with E-state index in [0.29, 0.717) is 5.56 Å². The fraction of sp³-hybridized carbons (Fsp3) is 0.261. The number of carbonyl (C=O) groups excluding carboxylic acids is 5. The molecule has 0 aliphatic carbocycles. The van der Waals surface area contributed by atoms with Crippen LogP contribution in [0.2, 0.25) is 0 Å². The average Bonchev–Trinajstić information content (AvgIpc) is 3.05. The van der Waals surface area contributed by atoms with E-state index in [1.54, 1.807) is 12.1 Å². The highest BCUT2D eigenvalue weighted by Crippen LogP contribution is 2.23. The van der Waals surface area contributed by atoms with E-state index in [1.165, 1.54) is 25.2 Å². The Bertz CT molecular complexity index is 1110. The molecule has 1 heterocycles. The van der Waals surface area contributed by atoms with Crippen molar-refractivity contribution in [1.29, 1.82) is 0 Å². The van der Waals surface area contributed by atoms with Gasteiger partial charge in [0.05, 0.1) is 16.7 Å². The van der Waals surface area contributed by atoms with E-state index in [1.807, 2.05) is 26.0 Å². The van der Waals surface area contributed by atoms with Gasteiger partial charge in [-0.2, -0.15) is 0 Å². The lowest BCUT2D eigenvalue weighted by Gasteiger charge is -2.21. The van der Waals surface area contributed by atoms with Crippen LogP contribution >= 0.6 is 0 Å². The number of imide groups is 1. The molecule has 10 nitrogen and oxygen atoms in total. The number of nitrogens with zero attached hydrogens (tertiary/aromatic N) is 2. The van der Waals surface area contributed by atoms with Crippen molar-refractivity contribution in [3.05, 3.63) is 64.7 Å². The normalized spacial score (nSPS) is 12.3. The number of hydrogen-bond acceptors (Lipinski definition) is 7. The summed E-state index contributed by atoms with van der Waals surface area (Å²) in [5.74, 6) is -3.08. The van der Waals surface area contributed by atoms with Crippen LogP contribution in [0.15, 0.2) is 42.5 Å². The highest BCUT2D eigenvalue weighted by Gasteiger charge is 2.33. The number of anilines is 1. The van der Waals surface area contributed by atoms with Crippen molar-refractivity contribution in [2.24, 2.45) is 0 Å². The summed E-state index contributed by atoms with van der Waals surface area (Å²) in [5.41, 5.74) is 6.09. The van der Waals surface area contributed by atoms with Crippen LogP contribution in [0.3, 0.4) is 0 Å². The molecule has 2 aromatic carbocycles. The van der Waals surface area contributed by atoms with E-state index < -0.39 is 36.2 Å². The summed E-state index contributed by atoms with van der Waals surface area (Å²) in [6.07, 6.45) is 0. The van der Waals surface area contributed by atoms with Crippen LogP contribution in [0.25, 0.3) is 0 Å².